The number of nitrogens with zero attached hydrogens (tertiary/aromatic N) is 3. The van der Waals surface area contributed by atoms with E-state index in [0.717, 1.165) is 17.1 Å². The molecule has 0 aromatic carbocycles. The van der Waals surface area contributed by atoms with E-state index in [0.29, 0.717) is 0 Å². The Labute approximate surface area is 76.5 Å². The Morgan fingerprint density at radius 2 is 1.77 bits per heavy atom. The molecule has 64 valence electrons. The van der Waals surface area contributed by atoms with Gasteiger partial charge in [0.1, 0.15) is 0 Å². The third kappa shape index (κ3) is 1.69. The van der Waals surface area contributed by atoms with Crippen LogP contribution < -0.4 is 0 Å². The van der Waals surface area contributed by atoms with Gasteiger partial charge in [0.15, 0.2) is 5.82 Å². The fourth-order valence-corrected chi connectivity index (χ4v) is 1.09. The highest BCUT2D eigenvalue weighted by atomic mass is 14.9. The molecule has 2 aromatic rings. The van der Waals surface area contributed by atoms with E-state index in [1.54, 1.807) is 18.6 Å². The summed E-state index contributed by atoms with van der Waals surface area (Å²) in [5, 5.41) is 0. The summed E-state index contributed by atoms with van der Waals surface area (Å²) in [4.78, 5) is 12.4. The predicted molar refractivity (Wildman–Crippen MR) is 50.0 cm³/mol. The molecule has 2 aromatic heterocycles. The number of hydrogen-bond acceptors (Lipinski definition) is 3. The van der Waals surface area contributed by atoms with Crippen molar-refractivity contribution in [3.05, 3.63) is 42.5 Å². The molecule has 0 aliphatic rings. The second-order valence-electron chi connectivity index (χ2n) is 2.76. The van der Waals surface area contributed by atoms with Crippen LogP contribution in [0.1, 0.15) is 5.69 Å². The molecule has 0 unspecified atom stereocenters. The molecule has 0 saturated carbocycles. The van der Waals surface area contributed by atoms with Crippen molar-refractivity contribution in [2.45, 2.75) is 6.92 Å². The minimum Gasteiger partial charge on any atom is -0.265 e. The first kappa shape index (κ1) is 7.86. The minimum atomic E-state index is 0.752. The maximum Gasteiger partial charge on any atom is 0.159 e. The molecule has 2 heterocycles. The third-order valence-corrected chi connectivity index (χ3v) is 1.73. The second-order valence-corrected chi connectivity index (χ2v) is 2.76. The molecule has 0 spiro atoms. The summed E-state index contributed by atoms with van der Waals surface area (Å²) in [6.07, 6.45) is 5.24. The summed E-state index contributed by atoms with van der Waals surface area (Å²) in [7, 11) is 0. The van der Waals surface area contributed by atoms with Crippen LogP contribution in [-0.4, -0.2) is 15.0 Å². The average molecular weight is 171 g/mol. The zero-order valence-electron chi connectivity index (χ0n) is 7.31. The maximum atomic E-state index is 4.30. The van der Waals surface area contributed by atoms with Gasteiger partial charge >= 0.3 is 0 Å². The number of aryl methyl sites for hydroxylation is 1. The molecule has 0 atom stereocenters. The van der Waals surface area contributed by atoms with Crippen molar-refractivity contribution in [1.29, 1.82) is 0 Å². The summed E-state index contributed by atoms with van der Waals surface area (Å²) < 4.78 is 0. The van der Waals surface area contributed by atoms with E-state index >= 15 is 0 Å². The van der Waals surface area contributed by atoms with Gasteiger partial charge in [-0.25, -0.2) is 9.97 Å². The van der Waals surface area contributed by atoms with Crippen LogP contribution >= 0.6 is 0 Å². The standard InChI is InChI=1S/C10H9N3/c1-8-2-7-12-10(13-8)9-3-5-11-6-4-9/h2-7H,1H3. The Morgan fingerprint density at radius 1 is 1.00 bits per heavy atom. The first-order valence-corrected chi connectivity index (χ1v) is 4.06. The van der Waals surface area contributed by atoms with Crippen molar-refractivity contribution in [3.8, 4) is 11.4 Å². The molecule has 3 heteroatoms. The van der Waals surface area contributed by atoms with Crippen LogP contribution in [0.5, 0.6) is 0 Å². The van der Waals surface area contributed by atoms with Crippen molar-refractivity contribution in [2.24, 2.45) is 0 Å². The topological polar surface area (TPSA) is 38.7 Å². The first-order valence-electron chi connectivity index (χ1n) is 4.06. The molecule has 0 aliphatic carbocycles. The van der Waals surface area contributed by atoms with E-state index in [4.69, 9.17) is 0 Å². The third-order valence-electron chi connectivity index (χ3n) is 1.73. The predicted octanol–water partition coefficient (Wildman–Crippen LogP) is 1.85. The highest BCUT2D eigenvalue weighted by molar-refractivity contribution is 5.53. The largest absolute Gasteiger partial charge is 0.265 e. The number of rotatable bonds is 1. The monoisotopic (exact) mass is 171 g/mol. The van der Waals surface area contributed by atoms with Crippen LogP contribution in [0.4, 0.5) is 0 Å². The maximum absolute atomic E-state index is 4.30. The van der Waals surface area contributed by atoms with Gasteiger partial charge in [0.25, 0.3) is 0 Å². The normalized spacial score (nSPS) is 9.92. The van der Waals surface area contributed by atoms with Gasteiger partial charge in [-0.05, 0) is 25.1 Å². The van der Waals surface area contributed by atoms with Crippen LogP contribution in [0.3, 0.4) is 0 Å². The molecule has 13 heavy (non-hydrogen) atoms. The smallest absolute Gasteiger partial charge is 0.159 e. The first-order chi connectivity index (χ1) is 6.36. The van der Waals surface area contributed by atoms with Gasteiger partial charge in [0.05, 0.1) is 0 Å². The van der Waals surface area contributed by atoms with Crippen LogP contribution in [0, 0.1) is 6.92 Å². The SMILES string of the molecule is Cc1ccnc(-c2ccncc2)n1. The van der Waals surface area contributed by atoms with Crippen molar-refractivity contribution in [1.82, 2.24) is 15.0 Å². The molecule has 0 saturated heterocycles. The van der Waals surface area contributed by atoms with E-state index < -0.39 is 0 Å². The van der Waals surface area contributed by atoms with E-state index in [1.165, 1.54) is 0 Å². The average Bonchev–Trinajstić information content (AvgIpc) is 2.19. The van der Waals surface area contributed by atoms with Crippen LogP contribution in [0.25, 0.3) is 11.4 Å². The number of aromatic nitrogens is 3. The fourth-order valence-electron chi connectivity index (χ4n) is 1.09. The Morgan fingerprint density at radius 3 is 2.46 bits per heavy atom. The molecule has 0 fully saturated rings. The molecular formula is C10H9N3. The summed E-state index contributed by atoms with van der Waals surface area (Å²) in [5.41, 5.74) is 1.97. The van der Waals surface area contributed by atoms with Gasteiger partial charge < -0.3 is 0 Å². The van der Waals surface area contributed by atoms with Crippen LogP contribution in [0.2, 0.25) is 0 Å². The summed E-state index contributed by atoms with van der Waals surface area (Å²) >= 11 is 0. The van der Waals surface area contributed by atoms with Gasteiger partial charge in [-0.3, -0.25) is 4.98 Å². The molecule has 2 rings (SSSR count). The Bertz CT molecular complexity index is 398. The zero-order chi connectivity index (χ0) is 9.10. The molecule has 0 radical (unpaired) electrons. The summed E-state index contributed by atoms with van der Waals surface area (Å²) in [6.45, 7) is 1.95. The highest BCUT2D eigenvalue weighted by Crippen LogP contribution is 2.11. The Balaban J connectivity index is 2.48. The lowest BCUT2D eigenvalue weighted by Gasteiger charge is -1.98. The lowest BCUT2D eigenvalue weighted by atomic mass is 10.2. The van der Waals surface area contributed by atoms with Gasteiger partial charge in [-0.15, -0.1) is 0 Å². The van der Waals surface area contributed by atoms with E-state index in [-0.39, 0.29) is 0 Å². The second kappa shape index (κ2) is 3.31. The van der Waals surface area contributed by atoms with Gasteiger partial charge in [-0.2, -0.15) is 0 Å². The lowest BCUT2D eigenvalue weighted by molar-refractivity contribution is 1.11. The lowest BCUT2D eigenvalue weighted by Crippen LogP contribution is -1.90. The Hall–Kier alpha value is -1.77. The molecule has 0 amide bonds. The molecular weight excluding hydrogens is 162 g/mol. The van der Waals surface area contributed by atoms with E-state index in [9.17, 15) is 0 Å². The highest BCUT2D eigenvalue weighted by Gasteiger charge is 1.98. The van der Waals surface area contributed by atoms with Crippen LogP contribution in [-0.2, 0) is 0 Å². The molecule has 0 bridgehead atoms. The summed E-state index contributed by atoms with van der Waals surface area (Å²) in [6, 6.07) is 5.67. The molecule has 3 nitrogen and oxygen atoms in total. The van der Waals surface area contributed by atoms with Gasteiger partial charge in [-0.1, -0.05) is 0 Å². The van der Waals surface area contributed by atoms with Crippen molar-refractivity contribution in [3.63, 3.8) is 0 Å². The number of pyridine rings is 1. The van der Waals surface area contributed by atoms with E-state index in [1.807, 2.05) is 25.1 Å². The zero-order valence-corrected chi connectivity index (χ0v) is 7.31. The van der Waals surface area contributed by atoms with Crippen LogP contribution in [0.15, 0.2) is 36.8 Å². The molecule has 0 N–H and O–H groups in total. The number of hydrogen-bond donors (Lipinski definition) is 0. The van der Waals surface area contributed by atoms with Crippen molar-refractivity contribution < 1.29 is 0 Å². The Kier molecular flexibility index (Phi) is 2.00. The van der Waals surface area contributed by atoms with Crippen molar-refractivity contribution >= 4 is 0 Å². The van der Waals surface area contributed by atoms with Crippen molar-refractivity contribution in [2.75, 3.05) is 0 Å². The van der Waals surface area contributed by atoms with Gasteiger partial charge in [0, 0.05) is 29.8 Å². The minimum absolute atomic E-state index is 0.752. The van der Waals surface area contributed by atoms with Gasteiger partial charge in [0.2, 0.25) is 0 Å². The quantitative estimate of drug-likeness (QED) is 0.657. The fraction of sp³-hybridized carbons (Fsp3) is 0.100. The van der Waals surface area contributed by atoms with E-state index in [2.05, 4.69) is 15.0 Å². The summed E-state index contributed by atoms with van der Waals surface area (Å²) in [5.74, 6) is 0.752. The molecule has 0 aliphatic heterocycles.